The monoisotopic (exact) mass is 491 g/mol. The first-order valence-electron chi connectivity index (χ1n) is 11.6. The molecule has 4 rings (SSSR count). The second-order valence-corrected chi connectivity index (χ2v) is 10.6. The number of fused-ring (bicyclic) bond motifs is 1. The van der Waals surface area contributed by atoms with Gasteiger partial charge >= 0.3 is 0 Å². The van der Waals surface area contributed by atoms with Crippen molar-refractivity contribution in [2.24, 2.45) is 5.92 Å². The molecule has 1 unspecified atom stereocenters. The van der Waals surface area contributed by atoms with E-state index in [0.29, 0.717) is 50.1 Å². The molecule has 0 aliphatic carbocycles. The van der Waals surface area contributed by atoms with Crippen LogP contribution in [0.2, 0.25) is 0 Å². The number of rotatable bonds is 9. The minimum absolute atomic E-state index is 0.0729. The molecule has 1 aliphatic heterocycles. The number of ether oxygens (including phenoxy) is 2. The smallest absolute Gasteiger partial charge is 0.243 e. The molecule has 0 saturated carbocycles. The van der Waals surface area contributed by atoms with Gasteiger partial charge in [0.2, 0.25) is 16.0 Å². The molecule has 0 spiro atoms. The second-order valence-electron chi connectivity index (χ2n) is 8.60. The first kappa shape index (κ1) is 24.4. The van der Waals surface area contributed by atoms with Crippen LogP contribution in [-0.4, -0.2) is 75.7 Å². The summed E-state index contributed by atoms with van der Waals surface area (Å²) >= 11 is 0. The second kappa shape index (κ2) is 9.88. The Hall–Kier alpha value is -2.70. The molecule has 1 fully saturated rings. The van der Waals surface area contributed by atoms with Gasteiger partial charge in [-0.15, -0.1) is 5.10 Å². The summed E-state index contributed by atoms with van der Waals surface area (Å²) in [5.74, 6) is 1.24. The third-order valence-corrected chi connectivity index (χ3v) is 7.36. The summed E-state index contributed by atoms with van der Waals surface area (Å²) < 4.78 is 40.4. The fourth-order valence-corrected chi connectivity index (χ4v) is 5.22. The van der Waals surface area contributed by atoms with E-state index in [1.54, 1.807) is 15.4 Å². The third kappa shape index (κ3) is 5.03. The zero-order valence-electron chi connectivity index (χ0n) is 20.3. The maximum Gasteiger partial charge on any atom is 0.243 e. The molecule has 3 atom stereocenters. The molecule has 0 amide bonds. The van der Waals surface area contributed by atoms with E-state index in [0.717, 1.165) is 11.1 Å². The Morgan fingerprint density at radius 2 is 2.09 bits per heavy atom. The maximum atomic E-state index is 11.9. The van der Waals surface area contributed by atoms with E-state index in [1.165, 1.54) is 10.6 Å². The first-order chi connectivity index (χ1) is 16.2. The molecule has 34 heavy (non-hydrogen) atoms. The van der Waals surface area contributed by atoms with E-state index >= 15 is 0 Å². The molecule has 1 aliphatic rings. The van der Waals surface area contributed by atoms with Crippen molar-refractivity contribution in [3.05, 3.63) is 24.7 Å². The number of pyridine rings is 1. The summed E-state index contributed by atoms with van der Waals surface area (Å²) in [4.78, 5) is 4.72. The number of hydrogen-bond acceptors (Lipinski definition) is 8. The Balaban J connectivity index is 1.60. The summed E-state index contributed by atoms with van der Waals surface area (Å²) in [5.41, 5.74) is 2.38. The number of aromatic nitrogens is 5. The average molecular weight is 492 g/mol. The predicted octanol–water partition coefficient (Wildman–Crippen LogP) is 2.63. The molecule has 4 heterocycles. The summed E-state index contributed by atoms with van der Waals surface area (Å²) in [7, 11) is -3.19. The largest absolute Gasteiger partial charge is 0.489 e. The van der Waals surface area contributed by atoms with Crippen LogP contribution in [0.4, 0.5) is 5.95 Å². The van der Waals surface area contributed by atoms with Crippen LogP contribution in [0, 0.1) is 5.92 Å². The van der Waals surface area contributed by atoms with Gasteiger partial charge in [-0.3, -0.25) is 0 Å². The number of nitrogens with one attached hydrogen (secondary N) is 1. The molecule has 186 valence electrons. The van der Waals surface area contributed by atoms with Crippen molar-refractivity contribution in [3.63, 3.8) is 0 Å². The zero-order chi connectivity index (χ0) is 24.5. The van der Waals surface area contributed by atoms with Crippen LogP contribution in [0.25, 0.3) is 16.8 Å². The van der Waals surface area contributed by atoms with Crippen LogP contribution < -0.4 is 10.1 Å². The Morgan fingerprint density at radius 1 is 1.29 bits per heavy atom. The molecule has 0 aromatic carbocycles. The van der Waals surface area contributed by atoms with Crippen molar-refractivity contribution in [1.29, 1.82) is 0 Å². The van der Waals surface area contributed by atoms with Crippen LogP contribution in [0.1, 0.15) is 40.3 Å². The standard InChI is InChI=1S/C22H33N7O4S/c1-6-32-16(4)29-14-17(12-23-29)18-8-11-28-21(20(18)33-7-2)25-22(26-28)24-19-9-10-27(13-15(19)3)34(5,30)31/h8,11-12,14-16,19H,6-7,9-10,13H2,1-5H3,(H,24,26)/t15-,16?,19+/m1/s1. The van der Waals surface area contributed by atoms with Gasteiger partial charge in [-0.25, -0.2) is 21.9 Å². The Morgan fingerprint density at radius 3 is 2.76 bits per heavy atom. The molecule has 0 radical (unpaired) electrons. The highest BCUT2D eigenvalue weighted by Gasteiger charge is 2.31. The van der Waals surface area contributed by atoms with Crippen molar-refractivity contribution < 1.29 is 17.9 Å². The Labute approximate surface area is 200 Å². The quantitative estimate of drug-likeness (QED) is 0.486. The molecule has 0 bridgehead atoms. The molecule has 3 aromatic rings. The SMILES string of the molecule is CCOc1c(-c2cnn(C(C)OCC)c2)ccn2nc(N[C@H]3CCN(S(C)(=O)=O)C[C@H]3C)nc12. The number of hydrogen-bond donors (Lipinski definition) is 1. The highest BCUT2D eigenvalue weighted by Crippen LogP contribution is 2.34. The van der Waals surface area contributed by atoms with Crippen molar-refractivity contribution >= 4 is 21.6 Å². The number of sulfonamides is 1. The third-order valence-electron chi connectivity index (χ3n) is 6.09. The van der Waals surface area contributed by atoms with E-state index in [-0.39, 0.29) is 18.2 Å². The van der Waals surface area contributed by atoms with Crippen LogP contribution in [0.3, 0.4) is 0 Å². The normalized spacial score (nSPS) is 20.5. The fraction of sp³-hybridized carbons (Fsp3) is 0.591. The van der Waals surface area contributed by atoms with Gasteiger partial charge in [0.15, 0.2) is 11.4 Å². The highest BCUT2D eigenvalue weighted by molar-refractivity contribution is 7.88. The molecule has 3 aromatic heterocycles. The topological polar surface area (TPSA) is 116 Å². The molecule has 1 N–H and O–H groups in total. The predicted molar refractivity (Wildman–Crippen MR) is 129 cm³/mol. The molecule has 12 heteroatoms. The lowest BCUT2D eigenvalue weighted by molar-refractivity contribution is 0.0160. The minimum atomic E-state index is -3.19. The van der Waals surface area contributed by atoms with Crippen molar-refractivity contribution in [2.75, 3.05) is 37.9 Å². The number of anilines is 1. The van der Waals surface area contributed by atoms with Gasteiger partial charge in [0, 0.05) is 49.3 Å². The van der Waals surface area contributed by atoms with Crippen molar-refractivity contribution in [2.45, 2.75) is 46.4 Å². The lowest BCUT2D eigenvalue weighted by atomic mass is 9.95. The van der Waals surface area contributed by atoms with E-state index in [9.17, 15) is 8.42 Å². The van der Waals surface area contributed by atoms with Gasteiger partial charge in [-0.05, 0) is 39.2 Å². The van der Waals surface area contributed by atoms with Gasteiger partial charge in [0.1, 0.15) is 6.23 Å². The highest BCUT2D eigenvalue weighted by atomic mass is 32.2. The molecule has 1 saturated heterocycles. The number of nitrogens with zero attached hydrogens (tertiary/aromatic N) is 6. The fourth-order valence-electron chi connectivity index (χ4n) is 4.28. The van der Waals surface area contributed by atoms with Crippen molar-refractivity contribution in [3.8, 4) is 16.9 Å². The summed E-state index contributed by atoms with van der Waals surface area (Å²) in [6.45, 7) is 9.91. The van der Waals surface area contributed by atoms with Gasteiger partial charge in [-0.1, -0.05) is 6.92 Å². The van der Waals surface area contributed by atoms with Crippen LogP contribution in [-0.2, 0) is 14.8 Å². The van der Waals surface area contributed by atoms with Crippen LogP contribution >= 0.6 is 0 Å². The maximum absolute atomic E-state index is 11.9. The summed E-state index contributed by atoms with van der Waals surface area (Å²) in [6.07, 6.45) is 7.34. The Kier molecular flexibility index (Phi) is 7.10. The van der Waals surface area contributed by atoms with E-state index in [2.05, 4.69) is 15.5 Å². The minimum Gasteiger partial charge on any atom is -0.489 e. The molecular weight excluding hydrogens is 458 g/mol. The summed E-state index contributed by atoms with van der Waals surface area (Å²) in [6, 6.07) is 2.01. The number of piperidine rings is 1. The van der Waals surface area contributed by atoms with E-state index in [1.807, 2.05) is 46.2 Å². The average Bonchev–Trinajstić information content (AvgIpc) is 3.42. The van der Waals surface area contributed by atoms with Crippen LogP contribution in [0.15, 0.2) is 24.7 Å². The lowest BCUT2D eigenvalue weighted by Crippen LogP contribution is -2.47. The van der Waals surface area contributed by atoms with Crippen LogP contribution in [0.5, 0.6) is 5.75 Å². The van der Waals surface area contributed by atoms with Gasteiger partial charge in [0.25, 0.3) is 0 Å². The van der Waals surface area contributed by atoms with Gasteiger partial charge in [-0.2, -0.15) is 10.1 Å². The van der Waals surface area contributed by atoms with E-state index in [4.69, 9.17) is 14.5 Å². The van der Waals surface area contributed by atoms with Gasteiger partial charge in [0.05, 0.1) is 19.1 Å². The van der Waals surface area contributed by atoms with Gasteiger partial charge < -0.3 is 14.8 Å². The molecular formula is C22H33N7O4S. The first-order valence-corrected chi connectivity index (χ1v) is 13.5. The lowest BCUT2D eigenvalue weighted by Gasteiger charge is -2.35. The Bertz CT molecular complexity index is 1240. The van der Waals surface area contributed by atoms with E-state index < -0.39 is 10.0 Å². The molecule has 11 nitrogen and oxygen atoms in total. The summed E-state index contributed by atoms with van der Waals surface area (Å²) in [5, 5.41) is 12.4. The van der Waals surface area contributed by atoms with Crippen molar-refractivity contribution in [1.82, 2.24) is 28.7 Å². The zero-order valence-corrected chi connectivity index (χ0v) is 21.1.